The van der Waals surface area contributed by atoms with E-state index in [1.165, 1.54) is 0 Å². The molecule has 2 aromatic heterocycles. The smallest absolute Gasteiger partial charge is 0.339 e. The number of aliphatic imine (C=N–C) groups is 2. The lowest BCUT2D eigenvalue weighted by Crippen LogP contribution is -2.50. The monoisotopic (exact) mass is 612 g/mol. The summed E-state index contributed by atoms with van der Waals surface area (Å²) in [5.74, 6) is 2.41. The summed E-state index contributed by atoms with van der Waals surface area (Å²) in [5.41, 5.74) is 3.10. The minimum Gasteiger partial charge on any atom is -0.339 e. The van der Waals surface area contributed by atoms with Crippen LogP contribution in [0.25, 0.3) is 21.5 Å². The van der Waals surface area contributed by atoms with Gasteiger partial charge >= 0.3 is 7.19 Å². The van der Waals surface area contributed by atoms with Crippen LogP contribution in [-0.2, 0) is 9.01 Å². The van der Waals surface area contributed by atoms with Gasteiger partial charge in [0.15, 0.2) is 11.7 Å². The SMILES string of the molecule is O=P(OB1n2c3c4ccccc4c2/N=C2N=C(/N=c4/c5ccccc5c(n41)=N3)c1ccccc1\2)(c1ccccc1)c1ccccc1. The van der Waals surface area contributed by atoms with E-state index in [2.05, 4.69) is 0 Å². The molecule has 0 saturated heterocycles. The molecule has 0 amide bonds. The number of fused-ring (bicyclic) bond motifs is 10. The van der Waals surface area contributed by atoms with Crippen LogP contribution >= 0.6 is 7.37 Å². The van der Waals surface area contributed by atoms with Crippen molar-refractivity contribution in [3.8, 4) is 0 Å². The lowest BCUT2D eigenvalue weighted by atomic mass is 10.00. The average Bonchev–Trinajstić information content (AvgIpc) is 3.74. The second-order valence-corrected chi connectivity index (χ2v) is 13.8. The second-order valence-electron chi connectivity index (χ2n) is 11.4. The molecule has 5 heterocycles. The molecule has 0 radical (unpaired) electrons. The molecular formula is C36H22BN6O2P. The molecule has 3 aliphatic rings. The summed E-state index contributed by atoms with van der Waals surface area (Å²) in [4.78, 5) is 20.7. The topological polar surface area (TPSA) is 85.6 Å². The minimum atomic E-state index is -3.72. The van der Waals surface area contributed by atoms with Crippen molar-refractivity contribution in [3.05, 3.63) is 156 Å². The standard InChI is InChI=1S/C36H22BN6O2P/c44-46(23-13-3-1-4-14-23,24-15-5-2-6-16-24)45-37-42-33-27-19-9-11-21-29(27)35(42)41-36-30-22-12-10-20-28(30)34(43(36)37)40-32-26-18-8-7-17-25(26)31(38-32)39-33/h1-22H/b39-31-,39-33?,40-32?,40-34-. The molecule has 0 spiro atoms. The number of aromatic nitrogens is 2. The van der Waals surface area contributed by atoms with Crippen LogP contribution in [0.3, 0.4) is 0 Å². The van der Waals surface area contributed by atoms with Gasteiger partial charge in [-0.15, -0.1) is 0 Å². The highest BCUT2D eigenvalue weighted by atomic mass is 31.2. The van der Waals surface area contributed by atoms with Gasteiger partial charge in [0.1, 0.15) is 22.6 Å². The molecule has 5 aromatic carbocycles. The molecule has 0 fully saturated rings. The van der Waals surface area contributed by atoms with Crippen LogP contribution < -0.4 is 21.6 Å². The lowest BCUT2D eigenvalue weighted by molar-refractivity contribution is 0.491. The predicted octanol–water partition coefficient (Wildman–Crippen LogP) is 5.66. The molecule has 3 aliphatic heterocycles. The summed E-state index contributed by atoms with van der Waals surface area (Å²) in [6.45, 7) is 0. The van der Waals surface area contributed by atoms with Crippen molar-refractivity contribution >= 4 is 70.0 Å². The zero-order valence-electron chi connectivity index (χ0n) is 24.2. The van der Waals surface area contributed by atoms with Crippen LogP contribution in [0.15, 0.2) is 153 Å². The fourth-order valence-corrected chi connectivity index (χ4v) is 8.89. The van der Waals surface area contributed by atoms with Gasteiger partial charge in [0.2, 0.25) is 0 Å². The average molecular weight is 612 g/mol. The largest absolute Gasteiger partial charge is 0.568 e. The van der Waals surface area contributed by atoms with Gasteiger partial charge < -0.3 is 13.4 Å². The maximum atomic E-state index is 15.6. The first kappa shape index (κ1) is 25.7. The Morgan fingerprint density at radius 2 is 0.935 bits per heavy atom. The zero-order chi connectivity index (χ0) is 30.4. The predicted molar refractivity (Wildman–Crippen MR) is 182 cm³/mol. The number of rotatable bonds is 4. The number of amidine groups is 2. The van der Waals surface area contributed by atoms with Crippen molar-refractivity contribution in [3.63, 3.8) is 0 Å². The van der Waals surface area contributed by atoms with Gasteiger partial charge in [0, 0.05) is 43.3 Å². The van der Waals surface area contributed by atoms with Crippen molar-refractivity contribution in [1.82, 2.24) is 8.96 Å². The van der Waals surface area contributed by atoms with Gasteiger partial charge in [-0.05, 0) is 24.3 Å². The molecule has 216 valence electrons. The Balaban J connectivity index is 1.39. The third-order valence-corrected chi connectivity index (χ3v) is 11.3. The molecule has 10 heteroatoms. The van der Waals surface area contributed by atoms with Crippen LogP contribution in [0.5, 0.6) is 0 Å². The molecule has 8 nitrogen and oxygen atoms in total. The summed E-state index contributed by atoms with van der Waals surface area (Å²) >= 11 is 0. The van der Waals surface area contributed by atoms with Crippen LogP contribution in [0, 0.1) is 0 Å². The second kappa shape index (κ2) is 9.44. The normalized spacial score (nSPS) is 16.3. The molecule has 46 heavy (non-hydrogen) atoms. The summed E-state index contributed by atoms with van der Waals surface area (Å²) in [7, 11) is -4.67. The molecule has 7 aromatic rings. The van der Waals surface area contributed by atoms with Crippen LogP contribution in [-0.4, -0.2) is 27.8 Å². The van der Waals surface area contributed by atoms with E-state index in [9.17, 15) is 0 Å². The number of hydrogen-bond acceptors (Lipinski definition) is 6. The Bertz CT molecular complexity index is 2620. The van der Waals surface area contributed by atoms with E-state index < -0.39 is 14.6 Å². The van der Waals surface area contributed by atoms with Gasteiger partial charge in [-0.2, -0.15) is 0 Å². The Morgan fingerprint density at radius 1 is 0.478 bits per heavy atom. The fraction of sp³-hybridized carbons (Fsp3) is 0. The quantitative estimate of drug-likeness (QED) is 0.190. The highest BCUT2D eigenvalue weighted by molar-refractivity contribution is 7.75. The lowest BCUT2D eigenvalue weighted by Gasteiger charge is -2.28. The number of benzene rings is 5. The van der Waals surface area contributed by atoms with E-state index in [0.717, 1.165) is 32.7 Å². The van der Waals surface area contributed by atoms with E-state index in [0.29, 0.717) is 44.9 Å². The van der Waals surface area contributed by atoms with E-state index in [1.54, 1.807) is 0 Å². The van der Waals surface area contributed by atoms with Crippen LogP contribution in [0.1, 0.15) is 11.1 Å². The highest BCUT2D eigenvalue weighted by Crippen LogP contribution is 2.48. The van der Waals surface area contributed by atoms with Crippen LogP contribution in [0.4, 0.5) is 11.6 Å². The molecule has 10 rings (SSSR count). The molecule has 0 aliphatic carbocycles. The van der Waals surface area contributed by atoms with Gasteiger partial charge in [0.05, 0.1) is 0 Å². The van der Waals surface area contributed by atoms with Crippen LogP contribution in [0.2, 0.25) is 0 Å². The maximum Gasteiger partial charge on any atom is 0.568 e. The number of hydrogen-bond donors (Lipinski definition) is 0. The van der Waals surface area contributed by atoms with Crippen molar-refractivity contribution in [2.45, 2.75) is 0 Å². The van der Waals surface area contributed by atoms with Crippen molar-refractivity contribution in [2.75, 3.05) is 0 Å². The van der Waals surface area contributed by atoms with Gasteiger partial charge in [-0.1, -0.05) is 109 Å². The van der Waals surface area contributed by atoms with Crippen molar-refractivity contribution in [2.24, 2.45) is 20.0 Å². The third kappa shape index (κ3) is 3.47. The minimum absolute atomic E-state index is 0.559. The Morgan fingerprint density at radius 3 is 1.52 bits per heavy atom. The van der Waals surface area contributed by atoms with E-state index in [1.807, 2.05) is 142 Å². The van der Waals surface area contributed by atoms with E-state index in [4.69, 9.17) is 24.4 Å². The van der Waals surface area contributed by atoms with Crippen molar-refractivity contribution in [1.29, 1.82) is 0 Å². The third-order valence-electron chi connectivity index (χ3n) is 8.86. The van der Waals surface area contributed by atoms with Gasteiger partial charge in [-0.3, -0.25) is 4.57 Å². The summed E-state index contributed by atoms with van der Waals surface area (Å²) in [5, 5.41) is 4.80. The van der Waals surface area contributed by atoms with E-state index in [-0.39, 0.29) is 0 Å². The Hall–Kier alpha value is -5.63. The highest BCUT2D eigenvalue weighted by Gasteiger charge is 2.44. The molecule has 0 atom stereocenters. The number of nitrogens with zero attached hydrogens (tertiary/aromatic N) is 6. The first-order valence-corrected chi connectivity index (χ1v) is 16.7. The molecular weight excluding hydrogens is 590 g/mol. The molecule has 0 N–H and O–H groups in total. The molecule has 4 bridgehead atoms. The summed E-state index contributed by atoms with van der Waals surface area (Å²) in [6, 6.07) is 43.0. The molecule has 0 saturated carbocycles. The van der Waals surface area contributed by atoms with E-state index >= 15 is 4.57 Å². The van der Waals surface area contributed by atoms with Gasteiger partial charge in [-0.25, -0.2) is 20.0 Å². The first-order valence-electron chi connectivity index (χ1n) is 15.1. The maximum absolute atomic E-state index is 15.6. The fourth-order valence-electron chi connectivity index (χ4n) is 6.77. The summed E-state index contributed by atoms with van der Waals surface area (Å²) < 4.78 is 26.6. The first-order chi connectivity index (χ1) is 22.7. The van der Waals surface area contributed by atoms with Gasteiger partial charge in [0.25, 0.3) is 7.37 Å². The molecule has 0 unspecified atom stereocenters. The van der Waals surface area contributed by atoms with Crippen molar-refractivity contribution < 1.29 is 9.01 Å². The zero-order valence-corrected chi connectivity index (χ0v) is 25.1. The Labute approximate surface area is 263 Å². The Kier molecular flexibility index (Phi) is 5.27. The summed E-state index contributed by atoms with van der Waals surface area (Å²) in [6.07, 6.45) is 0.